The van der Waals surface area contributed by atoms with Crippen LogP contribution in [-0.4, -0.2) is 43.3 Å². The largest absolute Gasteiger partial charge is 0.350 e. The van der Waals surface area contributed by atoms with Crippen molar-refractivity contribution in [1.29, 1.82) is 0 Å². The van der Waals surface area contributed by atoms with Crippen LogP contribution in [0.4, 0.5) is 5.69 Å². The number of benzene rings is 3. The smallest absolute Gasteiger partial charge is 0.264 e. The Labute approximate surface area is 243 Å². The highest BCUT2D eigenvalue weighted by Gasteiger charge is 2.35. The predicted octanol–water partition coefficient (Wildman–Crippen LogP) is 5.87. The first-order valence-corrected chi connectivity index (χ1v) is 15.1. The molecule has 0 saturated heterocycles. The van der Waals surface area contributed by atoms with Crippen molar-refractivity contribution in [2.75, 3.05) is 10.8 Å². The third kappa shape index (κ3) is 7.86. The molecule has 3 rings (SSSR count). The van der Waals surface area contributed by atoms with Crippen molar-refractivity contribution in [1.82, 2.24) is 10.2 Å². The van der Waals surface area contributed by atoms with Crippen LogP contribution in [0.15, 0.2) is 77.7 Å². The number of carbonyl (C=O) groups excluding carboxylic acids is 2. The minimum absolute atomic E-state index is 0.0532. The lowest BCUT2D eigenvalue weighted by atomic mass is 10.1. The van der Waals surface area contributed by atoms with E-state index in [0.717, 1.165) is 15.4 Å². The van der Waals surface area contributed by atoms with Crippen molar-refractivity contribution in [2.45, 2.75) is 71.0 Å². The van der Waals surface area contributed by atoms with Crippen LogP contribution in [0.2, 0.25) is 5.02 Å². The van der Waals surface area contributed by atoms with Crippen LogP contribution < -0.4 is 9.62 Å². The number of aryl methyl sites for hydroxylation is 2. The summed E-state index contributed by atoms with van der Waals surface area (Å²) in [5, 5.41) is 3.31. The number of amides is 2. The van der Waals surface area contributed by atoms with E-state index in [1.807, 2.05) is 65.0 Å². The molecule has 0 aromatic heterocycles. The summed E-state index contributed by atoms with van der Waals surface area (Å²) in [7, 11) is -4.17. The molecule has 0 saturated carbocycles. The summed E-state index contributed by atoms with van der Waals surface area (Å²) in [5.74, 6) is -0.805. The third-order valence-electron chi connectivity index (χ3n) is 6.41. The molecule has 1 unspecified atom stereocenters. The molecule has 2 amide bonds. The Bertz CT molecular complexity index is 1440. The molecule has 0 fully saturated rings. The average Bonchev–Trinajstić information content (AvgIpc) is 2.88. The summed E-state index contributed by atoms with van der Waals surface area (Å²) in [5.41, 5.74) is 2.16. The van der Waals surface area contributed by atoms with Crippen LogP contribution >= 0.6 is 11.6 Å². The van der Waals surface area contributed by atoms with Crippen molar-refractivity contribution in [3.8, 4) is 0 Å². The van der Waals surface area contributed by atoms with E-state index in [1.165, 1.54) is 17.0 Å². The summed E-state index contributed by atoms with van der Waals surface area (Å²) in [6, 6.07) is 19.9. The van der Waals surface area contributed by atoms with E-state index in [1.54, 1.807) is 37.3 Å². The zero-order valence-electron chi connectivity index (χ0n) is 23.9. The Kier molecular flexibility index (Phi) is 10.0. The molecule has 40 heavy (non-hydrogen) atoms. The van der Waals surface area contributed by atoms with Crippen LogP contribution in [0.5, 0.6) is 0 Å². The fourth-order valence-corrected chi connectivity index (χ4v) is 5.99. The van der Waals surface area contributed by atoms with Gasteiger partial charge in [-0.1, -0.05) is 72.6 Å². The van der Waals surface area contributed by atoms with E-state index in [0.29, 0.717) is 22.7 Å². The lowest BCUT2D eigenvalue weighted by Gasteiger charge is -2.35. The number of nitrogens with one attached hydrogen (secondary N) is 1. The highest BCUT2D eigenvalue weighted by molar-refractivity contribution is 7.92. The van der Waals surface area contributed by atoms with Gasteiger partial charge in [0, 0.05) is 17.1 Å². The molecule has 0 aliphatic rings. The minimum atomic E-state index is -4.17. The SMILES string of the molecule is CCC(C(=O)NC(C)(C)C)N(Cc1ccccc1)C(=O)CN(c1cc(Cl)ccc1C)S(=O)(=O)c1ccc(C)cc1. The second-order valence-electron chi connectivity index (χ2n) is 10.9. The molecule has 0 aliphatic heterocycles. The lowest BCUT2D eigenvalue weighted by molar-refractivity contribution is -0.141. The van der Waals surface area contributed by atoms with Gasteiger partial charge in [0.25, 0.3) is 10.0 Å². The molecule has 3 aromatic carbocycles. The van der Waals surface area contributed by atoms with Crippen LogP contribution in [0.1, 0.15) is 50.8 Å². The predicted molar refractivity (Wildman–Crippen MR) is 161 cm³/mol. The molecule has 0 radical (unpaired) electrons. The summed E-state index contributed by atoms with van der Waals surface area (Å²) in [6.45, 7) is 10.7. The van der Waals surface area contributed by atoms with Gasteiger partial charge in [-0.2, -0.15) is 0 Å². The fourth-order valence-electron chi connectivity index (χ4n) is 4.35. The first-order valence-electron chi connectivity index (χ1n) is 13.2. The van der Waals surface area contributed by atoms with Gasteiger partial charge in [0.05, 0.1) is 10.6 Å². The van der Waals surface area contributed by atoms with Crippen LogP contribution in [-0.2, 0) is 26.2 Å². The van der Waals surface area contributed by atoms with Gasteiger partial charge in [0.2, 0.25) is 11.8 Å². The molecule has 1 N–H and O–H groups in total. The van der Waals surface area contributed by atoms with Crippen molar-refractivity contribution in [3.05, 3.63) is 94.5 Å². The monoisotopic (exact) mass is 583 g/mol. The molecule has 0 spiro atoms. The Morgan fingerprint density at radius 2 is 1.57 bits per heavy atom. The Morgan fingerprint density at radius 3 is 2.15 bits per heavy atom. The zero-order valence-corrected chi connectivity index (χ0v) is 25.5. The molecule has 3 aromatic rings. The second-order valence-corrected chi connectivity index (χ2v) is 13.2. The van der Waals surface area contributed by atoms with Gasteiger partial charge in [-0.05, 0) is 76.4 Å². The van der Waals surface area contributed by atoms with E-state index in [4.69, 9.17) is 11.6 Å². The van der Waals surface area contributed by atoms with Crippen LogP contribution in [0, 0.1) is 13.8 Å². The van der Waals surface area contributed by atoms with Crippen molar-refractivity contribution >= 4 is 39.1 Å². The van der Waals surface area contributed by atoms with Gasteiger partial charge in [-0.3, -0.25) is 13.9 Å². The normalized spacial score (nSPS) is 12.5. The molecule has 0 bridgehead atoms. The van der Waals surface area contributed by atoms with Gasteiger partial charge in [-0.25, -0.2) is 8.42 Å². The van der Waals surface area contributed by atoms with E-state index < -0.39 is 34.1 Å². The molecule has 1 atom stereocenters. The summed E-state index contributed by atoms with van der Waals surface area (Å²) < 4.78 is 29.1. The lowest BCUT2D eigenvalue weighted by Crippen LogP contribution is -2.55. The van der Waals surface area contributed by atoms with Crippen molar-refractivity contribution in [3.63, 3.8) is 0 Å². The highest BCUT2D eigenvalue weighted by Crippen LogP contribution is 2.30. The van der Waals surface area contributed by atoms with Gasteiger partial charge in [-0.15, -0.1) is 0 Å². The van der Waals surface area contributed by atoms with Gasteiger partial charge in [0.15, 0.2) is 0 Å². The van der Waals surface area contributed by atoms with E-state index in [2.05, 4.69) is 5.32 Å². The Morgan fingerprint density at radius 1 is 0.950 bits per heavy atom. The molecule has 0 heterocycles. The third-order valence-corrected chi connectivity index (χ3v) is 8.42. The molecule has 0 aliphatic carbocycles. The quantitative estimate of drug-likeness (QED) is 0.323. The summed E-state index contributed by atoms with van der Waals surface area (Å²) in [6.07, 6.45) is 0.349. The fraction of sp³-hybridized carbons (Fsp3) is 0.355. The number of carbonyl (C=O) groups is 2. The maximum Gasteiger partial charge on any atom is 0.264 e. The van der Waals surface area contributed by atoms with Crippen molar-refractivity contribution in [2.24, 2.45) is 0 Å². The van der Waals surface area contributed by atoms with Crippen LogP contribution in [0.25, 0.3) is 0 Å². The number of anilines is 1. The number of nitrogens with zero attached hydrogens (tertiary/aromatic N) is 2. The summed E-state index contributed by atoms with van der Waals surface area (Å²) >= 11 is 6.29. The van der Waals surface area contributed by atoms with E-state index in [-0.39, 0.29) is 17.3 Å². The topological polar surface area (TPSA) is 86.8 Å². The van der Waals surface area contributed by atoms with Gasteiger partial charge >= 0.3 is 0 Å². The number of halogens is 1. The molecular formula is C31H38ClN3O4S. The van der Waals surface area contributed by atoms with Gasteiger partial charge in [0.1, 0.15) is 12.6 Å². The highest BCUT2D eigenvalue weighted by atomic mass is 35.5. The minimum Gasteiger partial charge on any atom is -0.350 e. The van der Waals surface area contributed by atoms with E-state index in [9.17, 15) is 18.0 Å². The maximum atomic E-state index is 14.1. The number of hydrogen-bond acceptors (Lipinski definition) is 4. The molecule has 7 nitrogen and oxygen atoms in total. The van der Waals surface area contributed by atoms with Crippen LogP contribution in [0.3, 0.4) is 0 Å². The summed E-state index contributed by atoms with van der Waals surface area (Å²) in [4.78, 5) is 29.0. The Balaban J connectivity index is 2.10. The first-order chi connectivity index (χ1) is 18.7. The number of hydrogen-bond donors (Lipinski definition) is 1. The first kappa shape index (κ1) is 31.2. The van der Waals surface area contributed by atoms with E-state index >= 15 is 0 Å². The van der Waals surface area contributed by atoms with Gasteiger partial charge < -0.3 is 10.2 Å². The number of sulfonamides is 1. The molecule has 214 valence electrons. The Hall–Kier alpha value is -3.36. The zero-order chi connectivity index (χ0) is 29.7. The second kappa shape index (κ2) is 12.9. The molecular weight excluding hydrogens is 546 g/mol. The maximum absolute atomic E-state index is 14.1. The molecule has 9 heteroatoms. The van der Waals surface area contributed by atoms with Crippen molar-refractivity contribution < 1.29 is 18.0 Å². The number of rotatable bonds is 10. The standard InChI is InChI=1S/C31H38ClN3O4S/c1-7-27(30(37)33-31(4,5)6)34(20-24-11-9-8-10-12-24)29(36)21-35(28-19-25(32)16-15-23(28)3)40(38,39)26-17-13-22(2)14-18-26/h8-19,27H,7,20-21H2,1-6H3,(H,33,37). The average molecular weight is 584 g/mol.